The van der Waals surface area contributed by atoms with E-state index in [9.17, 15) is 9.18 Å². The number of ether oxygens (including phenoxy) is 2. The van der Waals surface area contributed by atoms with Gasteiger partial charge in [0.25, 0.3) is 0 Å². The van der Waals surface area contributed by atoms with Gasteiger partial charge in [-0.25, -0.2) is 9.18 Å². The average Bonchev–Trinajstić information content (AvgIpc) is 3.39. The summed E-state index contributed by atoms with van der Waals surface area (Å²) in [5.74, 6) is 0. The summed E-state index contributed by atoms with van der Waals surface area (Å²) in [7, 11) is 0. The Hall–Kier alpha value is -3.75. The van der Waals surface area contributed by atoms with Crippen LogP contribution in [0.5, 0.6) is 0 Å². The standard InChI is InChI=1S/C36H41F2N3O3/c1-26-19-32-31-14-6-5-11-28(31)21-33(32)34(41(26)23-36(38)24-43-25-36)29-12-7-13-30(20-29)39-16-18-40(17-8-15-37)35(42)44-22-27-9-3-2-4-10-27/h2-7,9-14,20,26,34,39H,8,15-19,21-25H2,1H3/t26-,34-/m1/s1. The molecule has 1 aliphatic carbocycles. The summed E-state index contributed by atoms with van der Waals surface area (Å²) < 4.78 is 39.3. The van der Waals surface area contributed by atoms with E-state index in [-0.39, 0.29) is 44.9 Å². The third-order valence-corrected chi connectivity index (χ3v) is 8.96. The van der Waals surface area contributed by atoms with E-state index < -0.39 is 18.4 Å². The number of amides is 1. The molecule has 0 bridgehead atoms. The van der Waals surface area contributed by atoms with Gasteiger partial charge in [0.05, 0.1) is 25.9 Å². The first-order valence-electron chi connectivity index (χ1n) is 15.6. The number of nitrogens with one attached hydrogen (secondary N) is 1. The van der Waals surface area contributed by atoms with Gasteiger partial charge in [-0.15, -0.1) is 0 Å². The van der Waals surface area contributed by atoms with E-state index >= 15 is 4.39 Å². The Kier molecular flexibility index (Phi) is 9.28. The maximum atomic E-state index is 15.5. The van der Waals surface area contributed by atoms with Crippen LogP contribution in [0, 0.1) is 0 Å². The van der Waals surface area contributed by atoms with Crippen LogP contribution < -0.4 is 5.32 Å². The normalized spacial score (nSPS) is 20.4. The Morgan fingerprint density at radius 2 is 1.86 bits per heavy atom. The van der Waals surface area contributed by atoms with Crippen LogP contribution >= 0.6 is 0 Å². The number of benzene rings is 3. The molecular weight excluding hydrogens is 560 g/mol. The van der Waals surface area contributed by atoms with Crippen molar-refractivity contribution in [2.24, 2.45) is 0 Å². The van der Waals surface area contributed by atoms with Crippen molar-refractivity contribution in [3.05, 3.63) is 107 Å². The molecule has 3 aromatic carbocycles. The van der Waals surface area contributed by atoms with Gasteiger partial charge in [-0.3, -0.25) is 9.29 Å². The fourth-order valence-corrected chi connectivity index (χ4v) is 6.72. The molecule has 8 heteroatoms. The van der Waals surface area contributed by atoms with Crippen molar-refractivity contribution in [1.82, 2.24) is 9.80 Å². The second kappa shape index (κ2) is 13.5. The molecule has 1 N–H and O–H groups in total. The topological polar surface area (TPSA) is 54.0 Å². The number of carbonyl (C=O) groups excluding carboxylic acids is 1. The first-order valence-corrected chi connectivity index (χ1v) is 15.6. The number of carbonyl (C=O) groups is 1. The lowest BCUT2D eigenvalue weighted by Gasteiger charge is -2.47. The van der Waals surface area contributed by atoms with E-state index in [0.29, 0.717) is 19.6 Å². The number of anilines is 1. The highest BCUT2D eigenvalue weighted by Crippen LogP contribution is 2.49. The molecule has 0 aromatic heterocycles. The summed E-state index contributed by atoms with van der Waals surface area (Å²) in [6.45, 7) is 3.63. The predicted octanol–water partition coefficient (Wildman–Crippen LogP) is 6.98. The minimum Gasteiger partial charge on any atom is -0.445 e. The monoisotopic (exact) mass is 601 g/mol. The van der Waals surface area contributed by atoms with Gasteiger partial charge in [0, 0.05) is 37.9 Å². The van der Waals surface area contributed by atoms with E-state index in [1.165, 1.54) is 22.3 Å². The second-order valence-electron chi connectivity index (χ2n) is 12.2. The van der Waals surface area contributed by atoms with Crippen LogP contribution in [0.15, 0.2) is 84.4 Å². The molecule has 1 amide bonds. The van der Waals surface area contributed by atoms with E-state index in [1.54, 1.807) is 4.90 Å². The van der Waals surface area contributed by atoms with Crippen molar-refractivity contribution < 1.29 is 23.0 Å². The third kappa shape index (κ3) is 6.66. The molecule has 0 radical (unpaired) electrons. The summed E-state index contributed by atoms with van der Waals surface area (Å²) in [6, 6.07) is 26.5. The molecule has 232 valence electrons. The fourth-order valence-electron chi connectivity index (χ4n) is 6.72. The van der Waals surface area contributed by atoms with Crippen molar-refractivity contribution in [1.29, 1.82) is 0 Å². The maximum absolute atomic E-state index is 15.5. The number of hydrogen-bond acceptors (Lipinski definition) is 5. The van der Waals surface area contributed by atoms with Crippen LogP contribution in [-0.2, 0) is 22.5 Å². The first-order chi connectivity index (χ1) is 21.4. The van der Waals surface area contributed by atoms with Crippen molar-refractivity contribution in [2.45, 2.75) is 50.5 Å². The van der Waals surface area contributed by atoms with Gasteiger partial charge in [-0.05, 0) is 71.7 Å². The zero-order valence-electron chi connectivity index (χ0n) is 25.3. The summed E-state index contributed by atoms with van der Waals surface area (Å²) in [5, 5.41) is 3.46. The summed E-state index contributed by atoms with van der Waals surface area (Å²) >= 11 is 0. The zero-order valence-corrected chi connectivity index (χ0v) is 25.3. The lowest BCUT2D eigenvalue weighted by atomic mass is 9.84. The second-order valence-corrected chi connectivity index (χ2v) is 12.2. The molecule has 3 aromatic rings. The Morgan fingerprint density at radius 1 is 1.07 bits per heavy atom. The van der Waals surface area contributed by atoms with Crippen molar-refractivity contribution in [2.75, 3.05) is 51.4 Å². The molecule has 1 saturated heterocycles. The van der Waals surface area contributed by atoms with Gasteiger partial charge in [0.15, 0.2) is 5.67 Å². The Labute approximate surface area is 258 Å². The minimum atomic E-state index is -1.33. The number of alkyl halides is 2. The maximum Gasteiger partial charge on any atom is 0.410 e. The number of hydrogen-bond donors (Lipinski definition) is 1. The van der Waals surface area contributed by atoms with E-state index in [4.69, 9.17) is 9.47 Å². The molecule has 0 spiro atoms. The minimum absolute atomic E-state index is 0.0508. The first kappa shape index (κ1) is 30.3. The fraction of sp³-hybridized carbons (Fsp3) is 0.417. The molecule has 0 saturated carbocycles. The summed E-state index contributed by atoms with van der Waals surface area (Å²) in [5.41, 5.74) is 7.00. The van der Waals surface area contributed by atoms with Crippen LogP contribution in [0.2, 0.25) is 0 Å². The van der Waals surface area contributed by atoms with Crippen LogP contribution in [-0.4, -0.2) is 73.7 Å². The van der Waals surface area contributed by atoms with E-state index in [2.05, 4.69) is 53.5 Å². The molecule has 2 atom stereocenters. The van der Waals surface area contributed by atoms with Crippen LogP contribution in [0.1, 0.15) is 48.1 Å². The number of fused-ring (bicyclic) bond motifs is 2. The van der Waals surface area contributed by atoms with Crippen LogP contribution in [0.3, 0.4) is 0 Å². The third-order valence-electron chi connectivity index (χ3n) is 8.96. The highest BCUT2D eigenvalue weighted by atomic mass is 19.1. The van der Waals surface area contributed by atoms with Gasteiger partial charge < -0.3 is 19.7 Å². The van der Waals surface area contributed by atoms with Gasteiger partial charge in [-0.2, -0.15) is 0 Å². The SMILES string of the molecule is C[C@@H]1CC2=C(Cc3ccccc32)[C@@H](c2cccc(NCCN(CCCF)C(=O)OCc3ccccc3)c2)N1CC1(F)COC1. The molecule has 2 heterocycles. The number of halogens is 2. The highest BCUT2D eigenvalue weighted by Gasteiger charge is 2.46. The lowest BCUT2D eigenvalue weighted by molar-refractivity contribution is -0.147. The largest absolute Gasteiger partial charge is 0.445 e. The number of rotatable bonds is 12. The van der Waals surface area contributed by atoms with Crippen LogP contribution in [0.25, 0.3) is 5.57 Å². The Bertz CT molecular complexity index is 1480. The van der Waals surface area contributed by atoms with Crippen molar-refractivity contribution in [3.63, 3.8) is 0 Å². The summed E-state index contributed by atoms with van der Waals surface area (Å²) in [4.78, 5) is 16.7. The molecule has 6 rings (SSSR count). The van der Waals surface area contributed by atoms with E-state index in [0.717, 1.165) is 29.7 Å². The van der Waals surface area contributed by atoms with Crippen molar-refractivity contribution in [3.8, 4) is 0 Å². The number of nitrogens with zero attached hydrogens (tertiary/aromatic N) is 2. The summed E-state index contributed by atoms with van der Waals surface area (Å²) in [6.07, 6.45) is 1.56. The molecule has 6 nitrogen and oxygen atoms in total. The molecule has 2 aliphatic heterocycles. The average molecular weight is 602 g/mol. The molecule has 44 heavy (non-hydrogen) atoms. The van der Waals surface area contributed by atoms with Crippen molar-refractivity contribution >= 4 is 17.4 Å². The predicted molar refractivity (Wildman–Crippen MR) is 169 cm³/mol. The lowest BCUT2D eigenvalue weighted by Crippen LogP contribution is -2.56. The molecule has 1 fully saturated rings. The highest BCUT2D eigenvalue weighted by molar-refractivity contribution is 5.79. The van der Waals surface area contributed by atoms with Gasteiger partial charge in [0.2, 0.25) is 0 Å². The Morgan fingerprint density at radius 3 is 2.64 bits per heavy atom. The zero-order chi connectivity index (χ0) is 30.5. The quantitative estimate of drug-likeness (QED) is 0.243. The molecular formula is C36H41F2N3O3. The smallest absolute Gasteiger partial charge is 0.410 e. The molecule has 3 aliphatic rings. The Balaban J connectivity index is 1.17. The van der Waals surface area contributed by atoms with Crippen LogP contribution in [0.4, 0.5) is 19.3 Å². The van der Waals surface area contributed by atoms with Gasteiger partial charge in [-0.1, -0.05) is 66.7 Å². The van der Waals surface area contributed by atoms with E-state index in [1.807, 2.05) is 42.5 Å². The van der Waals surface area contributed by atoms with Gasteiger partial charge in [0.1, 0.15) is 6.61 Å². The molecule has 0 unspecified atom stereocenters. The van der Waals surface area contributed by atoms with Gasteiger partial charge >= 0.3 is 6.09 Å².